The van der Waals surface area contributed by atoms with Crippen molar-refractivity contribution >= 4 is 6.29 Å². The van der Waals surface area contributed by atoms with Crippen molar-refractivity contribution in [1.29, 1.82) is 0 Å². The molecule has 0 aliphatic carbocycles. The SMILES string of the molecule is CN[C@@H]1[C@@H](O)[C@H](O)[C@@H](CO)O[C@@]1(O)C=O. The minimum atomic E-state index is -2.25. The van der Waals surface area contributed by atoms with E-state index in [9.17, 15) is 20.1 Å². The average molecular weight is 221 g/mol. The van der Waals surface area contributed by atoms with Crippen LogP contribution in [0.25, 0.3) is 0 Å². The quantitative estimate of drug-likeness (QED) is 0.315. The average Bonchev–Trinajstić information content (AvgIpc) is 2.24. The van der Waals surface area contributed by atoms with Gasteiger partial charge in [0, 0.05) is 0 Å². The Kier molecular flexibility index (Phi) is 3.77. The van der Waals surface area contributed by atoms with E-state index >= 15 is 0 Å². The molecule has 0 aromatic heterocycles. The van der Waals surface area contributed by atoms with Gasteiger partial charge in [0.25, 0.3) is 0 Å². The maximum absolute atomic E-state index is 10.7. The van der Waals surface area contributed by atoms with Crippen molar-refractivity contribution in [3.63, 3.8) is 0 Å². The number of hydrogen-bond acceptors (Lipinski definition) is 7. The fraction of sp³-hybridized carbons (Fsp3) is 0.875. The fourth-order valence-electron chi connectivity index (χ4n) is 1.67. The van der Waals surface area contributed by atoms with Crippen molar-refractivity contribution in [2.45, 2.75) is 30.1 Å². The van der Waals surface area contributed by atoms with Gasteiger partial charge in [0.1, 0.15) is 18.3 Å². The predicted molar refractivity (Wildman–Crippen MR) is 47.8 cm³/mol. The molecule has 0 amide bonds. The van der Waals surface area contributed by atoms with Crippen LogP contribution >= 0.6 is 0 Å². The van der Waals surface area contributed by atoms with Gasteiger partial charge in [-0.25, -0.2) is 0 Å². The van der Waals surface area contributed by atoms with E-state index in [0.29, 0.717) is 0 Å². The van der Waals surface area contributed by atoms with Crippen LogP contribution in [-0.2, 0) is 9.53 Å². The van der Waals surface area contributed by atoms with Gasteiger partial charge in [-0.2, -0.15) is 0 Å². The Labute approximate surface area is 86.3 Å². The summed E-state index contributed by atoms with van der Waals surface area (Å²) in [6.07, 6.45) is -3.85. The molecule has 1 saturated heterocycles. The third-order valence-corrected chi connectivity index (χ3v) is 2.52. The van der Waals surface area contributed by atoms with Crippen LogP contribution in [-0.4, -0.2) is 70.5 Å². The van der Waals surface area contributed by atoms with Crippen LogP contribution in [0.15, 0.2) is 0 Å². The molecule has 0 spiro atoms. The monoisotopic (exact) mass is 221 g/mol. The van der Waals surface area contributed by atoms with E-state index in [1.807, 2.05) is 0 Å². The summed E-state index contributed by atoms with van der Waals surface area (Å²) in [5, 5.41) is 40.0. The van der Waals surface area contributed by atoms with Gasteiger partial charge in [0.05, 0.1) is 12.6 Å². The summed E-state index contributed by atoms with van der Waals surface area (Å²) in [6, 6.07) is -1.15. The molecule has 0 saturated carbocycles. The number of aldehydes is 1. The minimum absolute atomic E-state index is 0.117. The predicted octanol–water partition coefficient (Wildman–Crippen LogP) is -3.43. The Morgan fingerprint density at radius 2 is 2.07 bits per heavy atom. The van der Waals surface area contributed by atoms with E-state index in [0.717, 1.165) is 0 Å². The van der Waals surface area contributed by atoms with E-state index in [1.54, 1.807) is 0 Å². The molecule has 1 rings (SSSR count). The lowest BCUT2D eigenvalue weighted by molar-refractivity contribution is -0.296. The Bertz CT molecular complexity index is 237. The summed E-state index contributed by atoms with van der Waals surface area (Å²) >= 11 is 0. The summed E-state index contributed by atoms with van der Waals surface area (Å²) < 4.78 is 4.82. The molecule has 7 nitrogen and oxygen atoms in total. The van der Waals surface area contributed by atoms with Crippen molar-refractivity contribution in [1.82, 2.24) is 5.32 Å². The van der Waals surface area contributed by atoms with Crippen molar-refractivity contribution in [2.75, 3.05) is 13.7 Å². The van der Waals surface area contributed by atoms with Crippen LogP contribution in [0.3, 0.4) is 0 Å². The number of aliphatic hydroxyl groups is 4. The summed E-state index contributed by atoms with van der Waals surface area (Å²) in [5.41, 5.74) is 0. The molecule has 15 heavy (non-hydrogen) atoms. The Hall–Kier alpha value is -0.570. The van der Waals surface area contributed by atoms with E-state index in [4.69, 9.17) is 9.84 Å². The molecule has 0 unspecified atom stereocenters. The van der Waals surface area contributed by atoms with Gasteiger partial charge in [-0.05, 0) is 7.05 Å². The lowest BCUT2D eigenvalue weighted by atomic mass is 9.91. The molecule has 1 fully saturated rings. The van der Waals surface area contributed by atoms with E-state index in [-0.39, 0.29) is 6.29 Å². The molecule has 5 N–H and O–H groups in total. The van der Waals surface area contributed by atoms with Crippen LogP contribution in [0.2, 0.25) is 0 Å². The maximum Gasteiger partial charge on any atom is 0.242 e. The molecule has 0 aromatic carbocycles. The number of likely N-dealkylation sites (N-methyl/N-ethyl adjacent to an activating group) is 1. The summed E-state index contributed by atoms with van der Waals surface area (Å²) in [4.78, 5) is 10.7. The van der Waals surface area contributed by atoms with Crippen LogP contribution in [0.5, 0.6) is 0 Å². The molecule has 1 heterocycles. The van der Waals surface area contributed by atoms with Gasteiger partial charge in [-0.3, -0.25) is 4.79 Å². The number of rotatable bonds is 3. The molecule has 0 aromatic rings. The standard InChI is InChI=1S/C8H15NO6/c1-9-7-6(13)5(12)4(2-10)15-8(7,14)3-11/h3-7,9-10,12-14H,2H2,1H3/t4-,5-,6+,7-,8+/m1/s1. The zero-order valence-corrected chi connectivity index (χ0v) is 8.20. The van der Waals surface area contributed by atoms with Crippen molar-refractivity contribution < 1.29 is 30.0 Å². The highest BCUT2D eigenvalue weighted by Crippen LogP contribution is 2.26. The molecule has 5 atom stereocenters. The van der Waals surface area contributed by atoms with E-state index in [2.05, 4.69) is 5.32 Å². The molecular formula is C8H15NO6. The number of aliphatic hydroxyl groups excluding tert-OH is 3. The van der Waals surface area contributed by atoms with Gasteiger partial charge < -0.3 is 30.5 Å². The largest absolute Gasteiger partial charge is 0.394 e. The van der Waals surface area contributed by atoms with Crippen LogP contribution in [0, 0.1) is 0 Å². The zero-order valence-electron chi connectivity index (χ0n) is 8.20. The topological polar surface area (TPSA) is 119 Å². The van der Waals surface area contributed by atoms with Crippen molar-refractivity contribution in [3.8, 4) is 0 Å². The van der Waals surface area contributed by atoms with E-state index < -0.39 is 36.7 Å². The lowest BCUT2D eigenvalue weighted by Gasteiger charge is -2.44. The summed E-state index contributed by atoms with van der Waals surface area (Å²) in [7, 11) is 1.40. The first-order chi connectivity index (χ1) is 7.00. The van der Waals surface area contributed by atoms with E-state index in [1.165, 1.54) is 7.05 Å². The highest BCUT2D eigenvalue weighted by Gasteiger charge is 2.52. The highest BCUT2D eigenvalue weighted by molar-refractivity contribution is 5.62. The van der Waals surface area contributed by atoms with Gasteiger partial charge in [-0.1, -0.05) is 0 Å². The normalized spacial score (nSPS) is 46.5. The van der Waals surface area contributed by atoms with Gasteiger partial charge in [-0.15, -0.1) is 0 Å². The highest BCUT2D eigenvalue weighted by atomic mass is 16.7. The Balaban J connectivity index is 2.94. The maximum atomic E-state index is 10.7. The second-order valence-electron chi connectivity index (χ2n) is 3.46. The molecule has 1 aliphatic heterocycles. The van der Waals surface area contributed by atoms with Gasteiger partial charge in [0.2, 0.25) is 5.79 Å². The first kappa shape index (κ1) is 12.5. The zero-order chi connectivity index (χ0) is 11.6. The van der Waals surface area contributed by atoms with Crippen LogP contribution < -0.4 is 5.32 Å². The second kappa shape index (κ2) is 4.52. The van der Waals surface area contributed by atoms with Crippen molar-refractivity contribution in [2.24, 2.45) is 0 Å². The minimum Gasteiger partial charge on any atom is -0.394 e. The first-order valence-electron chi connectivity index (χ1n) is 4.51. The third kappa shape index (κ3) is 2.03. The van der Waals surface area contributed by atoms with Crippen molar-refractivity contribution in [3.05, 3.63) is 0 Å². The number of ether oxygens (including phenoxy) is 1. The van der Waals surface area contributed by atoms with Gasteiger partial charge in [0.15, 0.2) is 6.29 Å². The Morgan fingerprint density at radius 1 is 1.47 bits per heavy atom. The molecule has 0 radical (unpaired) electrons. The Morgan fingerprint density at radius 3 is 2.47 bits per heavy atom. The molecule has 88 valence electrons. The van der Waals surface area contributed by atoms with Crippen LogP contribution in [0.1, 0.15) is 0 Å². The number of carbonyl (C=O) groups is 1. The number of carbonyl (C=O) groups excluding carboxylic acids is 1. The molecule has 1 aliphatic rings. The van der Waals surface area contributed by atoms with Crippen LogP contribution in [0.4, 0.5) is 0 Å². The smallest absolute Gasteiger partial charge is 0.242 e. The fourth-order valence-corrected chi connectivity index (χ4v) is 1.67. The summed E-state index contributed by atoms with van der Waals surface area (Å²) in [5.74, 6) is -2.25. The number of nitrogens with one attached hydrogen (secondary N) is 1. The summed E-state index contributed by atoms with van der Waals surface area (Å²) in [6.45, 7) is -0.606. The lowest BCUT2D eigenvalue weighted by Crippen LogP contribution is -2.69. The number of hydrogen-bond donors (Lipinski definition) is 5. The van der Waals surface area contributed by atoms with Gasteiger partial charge >= 0.3 is 0 Å². The molecular weight excluding hydrogens is 206 g/mol. The molecule has 7 heteroatoms. The molecule has 0 bridgehead atoms. The first-order valence-corrected chi connectivity index (χ1v) is 4.51. The second-order valence-corrected chi connectivity index (χ2v) is 3.46. The third-order valence-electron chi connectivity index (χ3n) is 2.52.